The molecule has 3 aromatic heterocycles. The van der Waals surface area contributed by atoms with E-state index in [9.17, 15) is 9.90 Å². The first kappa shape index (κ1) is 24.6. The van der Waals surface area contributed by atoms with Crippen molar-refractivity contribution in [3.63, 3.8) is 0 Å². The number of hydrogen-bond donors (Lipinski definition) is 3. The Balaban J connectivity index is 1.46. The van der Waals surface area contributed by atoms with Crippen molar-refractivity contribution in [2.45, 2.75) is 63.1 Å². The van der Waals surface area contributed by atoms with E-state index in [-0.39, 0.29) is 18.0 Å². The van der Waals surface area contributed by atoms with Gasteiger partial charge >= 0.3 is 0 Å². The van der Waals surface area contributed by atoms with Gasteiger partial charge in [-0.25, -0.2) is 9.50 Å². The molecule has 10 heteroatoms. The molecule has 6 rings (SSSR count). The number of fused-ring (bicyclic) bond motifs is 1. The second-order valence-electron chi connectivity index (χ2n) is 10.7. The summed E-state index contributed by atoms with van der Waals surface area (Å²) in [6.07, 6.45) is 5.36. The van der Waals surface area contributed by atoms with Gasteiger partial charge < -0.3 is 20.9 Å². The number of nitrogens with zero attached hydrogens (tertiary/aromatic N) is 5. The third-order valence-electron chi connectivity index (χ3n) is 7.80. The molecule has 2 fully saturated rings. The summed E-state index contributed by atoms with van der Waals surface area (Å²) in [5.74, 6) is 0.328. The highest BCUT2D eigenvalue weighted by Gasteiger charge is 2.51. The van der Waals surface area contributed by atoms with E-state index in [1.165, 1.54) is 6.33 Å². The predicted molar refractivity (Wildman–Crippen MR) is 143 cm³/mol. The molecule has 4 heterocycles. The minimum atomic E-state index is -0.759. The standard InChI is InChI=1S/C28H33N7O3/c1-17(2)33-27(37)28(14-21(36)15-28)19-5-3-4-18(12-19)24-13-22(25-26(29)30-16-32-35(24)25)23-6-9-31-34(23)20-7-10-38-11-8-20/h3-6,9,12-13,16-17,20-21,36H,7-8,10-11,14-15H2,1-2H3,(H,33,37)(H2,29,30,32)/t21-,28+. The van der Waals surface area contributed by atoms with Gasteiger partial charge in [0.05, 0.1) is 28.9 Å². The number of aromatic nitrogens is 5. The maximum absolute atomic E-state index is 13.3. The Bertz CT molecular complexity index is 1480. The van der Waals surface area contributed by atoms with Crippen LogP contribution < -0.4 is 11.1 Å². The Morgan fingerprint density at radius 1 is 1.16 bits per heavy atom. The van der Waals surface area contributed by atoms with Crippen molar-refractivity contribution in [2.24, 2.45) is 0 Å². The van der Waals surface area contributed by atoms with Crippen LogP contribution in [0.1, 0.15) is 51.1 Å². The van der Waals surface area contributed by atoms with Crippen LogP contribution in [0.3, 0.4) is 0 Å². The molecule has 0 atom stereocenters. The SMILES string of the molecule is CC(C)NC(=O)[C@]1(c2cccc(-c3cc(-c4ccnn4C4CCOCC4)c4c(N)ncnn34)c2)C[C@H](O)C1. The number of amides is 1. The highest BCUT2D eigenvalue weighted by atomic mass is 16.5. The number of nitrogens with two attached hydrogens (primary N) is 1. The first-order valence-electron chi connectivity index (χ1n) is 13.2. The summed E-state index contributed by atoms with van der Waals surface area (Å²) in [5, 5.41) is 22.5. The molecule has 1 aliphatic heterocycles. The number of nitrogens with one attached hydrogen (secondary N) is 1. The molecule has 10 nitrogen and oxygen atoms in total. The molecule has 38 heavy (non-hydrogen) atoms. The van der Waals surface area contributed by atoms with E-state index in [1.54, 1.807) is 0 Å². The molecule has 4 aromatic rings. The topological polar surface area (TPSA) is 133 Å². The predicted octanol–water partition coefficient (Wildman–Crippen LogP) is 3.11. The monoisotopic (exact) mass is 515 g/mol. The van der Waals surface area contributed by atoms with E-state index in [4.69, 9.17) is 10.5 Å². The normalized spacial score (nSPS) is 22.1. The summed E-state index contributed by atoms with van der Waals surface area (Å²) in [6.45, 7) is 5.32. The van der Waals surface area contributed by atoms with Gasteiger partial charge in [-0.15, -0.1) is 0 Å². The van der Waals surface area contributed by atoms with Crippen molar-refractivity contribution in [3.8, 4) is 22.5 Å². The zero-order valence-corrected chi connectivity index (χ0v) is 21.7. The number of rotatable bonds is 6. The highest BCUT2D eigenvalue weighted by Crippen LogP contribution is 2.46. The maximum Gasteiger partial charge on any atom is 0.231 e. The number of carbonyl (C=O) groups is 1. The Morgan fingerprint density at radius 2 is 1.95 bits per heavy atom. The van der Waals surface area contributed by atoms with Gasteiger partial charge in [-0.1, -0.05) is 18.2 Å². The van der Waals surface area contributed by atoms with Crippen molar-refractivity contribution in [1.29, 1.82) is 0 Å². The third-order valence-corrected chi connectivity index (χ3v) is 7.80. The lowest BCUT2D eigenvalue weighted by molar-refractivity contribution is -0.135. The lowest BCUT2D eigenvalue weighted by Gasteiger charge is -2.44. The summed E-state index contributed by atoms with van der Waals surface area (Å²) in [5.41, 5.74) is 10.8. The lowest BCUT2D eigenvalue weighted by Crippen LogP contribution is -2.56. The van der Waals surface area contributed by atoms with E-state index < -0.39 is 11.5 Å². The molecule has 1 saturated heterocycles. The van der Waals surface area contributed by atoms with Crippen LogP contribution in [0, 0.1) is 0 Å². The quantitative estimate of drug-likeness (QED) is 0.359. The van der Waals surface area contributed by atoms with Gasteiger partial charge in [0.25, 0.3) is 0 Å². The van der Waals surface area contributed by atoms with Crippen LogP contribution in [0.15, 0.2) is 48.9 Å². The smallest absolute Gasteiger partial charge is 0.231 e. The summed E-state index contributed by atoms with van der Waals surface area (Å²) >= 11 is 0. The zero-order chi connectivity index (χ0) is 26.4. The van der Waals surface area contributed by atoms with Crippen LogP contribution in [-0.4, -0.2) is 60.8 Å². The van der Waals surface area contributed by atoms with Crippen LogP contribution in [0.5, 0.6) is 0 Å². The van der Waals surface area contributed by atoms with Crippen molar-refractivity contribution >= 4 is 17.2 Å². The molecule has 1 aromatic carbocycles. The van der Waals surface area contributed by atoms with Gasteiger partial charge in [0, 0.05) is 36.6 Å². The highest BCUT2D eigenvalue weighted by molar-refractivity contribution is 5.92. The Hall–Kier alpha value is -3.76. The molecule has 198 valence electrons. The first-order chi connectivity index (χ1) is 18.4. The molecule has 4 N–H and O–H groups in total. The van der Waals surface area contributed by atoms with Crippen LogP contribution >= 0.6 is 0 Å². The van der Waals surface area contributed by atoms with Gasteiger partial charge in [-0.3, -0.25) is 9.48 Å². The van der Waals surface area contributed by atoms with E-state index in [0.717, 1.165) is 40.9 Å². The number of anilines is 1. The van der Waals surface area contributed by atoms with E-state index in [0.29, 0.717) is 37.4 Å². The van der Waals surface area contributed by atoms with Crippen molar-refractivity contribution < 1.29 is 14.6 Å². The number of carbonyl (C=O) groups excluding carboxylic acids is 1. The second-order valence-corrected chi connectivity index (χ2v) is 10.7. The van der Waals surface area contributed by atoms with Crippen LogP contribution in [0.4, 0.5) is 5.82 Å². The second kappa shape index (κ2) is 9.52. The number of aliphatic hydroxyl groups excluding tert-OH is 1. The number of aliphatic hydroxyl groups is 1. The molecule has 1 amide bonds. The molecule has 0 radical (unpaired) electrons. The zero-order valence-electron chi connectivity index (χ0n) is 21.7. The number of hydrogen-bond acceptors (Lipinski definition) is 7. The molecular weight excluding hydrogens is 482 g/mol. The molecule has 1 saturated carbocycles. The molecule has 0 spiro atoms. The fourth-order valence-corrected chi connectivity index (χ4v) is 5.89. The molecule has 0 unspecified atom stereocenters. The number of ether oxygens (including phenoxy) is 1. The third kappa shape index (κ3) is 4.04. The van der Waals surface area contributed by atoms with E-state index >= 15 is 0 Å². The van der Waals surface area contributed by atoms with Gasteiger partial charge in [-0.05, 0) is 63.3 Å². The fourth-order valence-electron chi connectivity index (χ4n) is 5.89. The summed E-state index contributed by atoms with van der Waals surface area (Å²) in [6, 6.07) is 12.3. The molecule has 2 aliphatic rings. The van der Waals surface area contributed by atoms with E-state index in [2.05, 4.69) is 31.2 Å². The van der Waals surface area contributed by atoms with Crippen LogP contribution in [0.25, 0.3) is 28.0 Å². The van der Waals surface area contributed by atoms with Gasteiger partial charge in [0.15, 0.2) is 5.82 Å². The van der Waals surface area contributed by atoms with Gasteiger partial charge in [0.2, 0.25) is 5.91 Å². The molecule has 1 aliphatic carbocycles. The Kier molecular flexibility index (Phi) is 6.16. The van der Waals surface area contributed by atoms with Crippen LogP contribution in [-0.2, 0) is 14.9 Å². The van der Waals surface area contributed by atoms with Gasteiger partial charge in [-0.2, -0.15) is 10.2 Å². The number of nitrogen functional groups attached to an aromatic ring is 1. The average molecular weight is 516 g/mol. The summed E-state index contributed by atoms with van der Waals surface area (Å²) in [4.78, 5) is 17.6. The minimum absolute atomic E-state index is 0.0117. The Labute approximate surface area is 220 Å². The fraction of sp³-hybridized carbons (Fsp3) is 0.429. The van der Waals surface area contributed by atoms with Crippen molar-refractivity contribution in [3.05, 3.63) is 54.5 Å². The Morgan fingerprint density at radius 3 is 2.68 bits per heavy atom. The molecular formula is C28H33N7O3. The minimum Gasteiger partial charge on any atom is -0.393 e. The summed E-state index contributed by atoms with van der Waals surface area (Å²) in [7, 11) is 0. The summed E-state index contributed by atoms with van der Waals surface area (Å²) < 4.78 is 9.44. The average Bonchev–Trinajstić information content (AvgIpc) is 3.52. The lowest BCUT2D eigenvalue weighted by atomic mass is 9.61. The maximum atomic E-state index is 13.3. The van der Waals surface area contributed by atoms with E-state index in [1.807, 2.05) is 54.9 Å². The number of benzene rings is 1. The molecule has 0 bridgehead atoms. The van der Waals surface area contributed by atoms with Crippen molar-refractivity contribution in [1.82, 2.24) is 29.7 Å². The van der Waals surface area contributed by atoms with Crippen LogP contribution in [0.2, 0.25) is 0 Å². The first-order valence-corrected chi connectivity index (χ1v) is 13.2. The van der Waals surface area contributed by atoms with Crippen molar-refractivity contribution in [2.75, 3.05) is 18.9 Å². The largest absolute Gasteiger partial charge is 0.393 e. The van der Waals surface area contributed by atoms with Gasteiger partial charge in [0.1, 0.15) is 11.8 Å².